The maximum atomic E-state index is 12.2. The van der Waals surface area contributed by atoms with Crippen LogP contribution in [-0.4, -0.2) is 38.7 Å². The highest BCUT2D eigenvalue weighted by molar-refractivity contribution is 7.92. The van der Waals surface area contributed by atoms with Gasteiger partial charge >= 0.3 is 6.03 Å². The molecule has 1 fully saturated rings. The molecule has 4 N–H and O–H groups in total. The molecule has 9 heteroatoms. The largest absolute Gasteiger partial charge is 0.374 e. The van der Waals surface area contributed by atoms with Crippen LogP contribution in [0.4, 0.5) is 16.2 Å². The van der Waals surface area contributed by atoms with E-state index >= 15 is 0 Å². The minimum absolute atomic E-state index is 0.124. The zero-order chi connectivity index (χ0) is 19.2. The lowest BCUT2D eigenvalue weighted by Gasteiger charge is -2.23. The average molecular weight is 382 g/mol. The monoisotopic (exact) mass is 382 g/mol. The van der Waals surface area contributed by atoms with Crippen LogP contribution in [0.2, 0.25) is 0 Å². The Morgan fingerprint density at radius 1 is 1.12 bits per heavy atom. The molecule has 1 aliphatic rings. The Morgan fingerprint density at radius 3 is 2.42 bits per heavy atom. The molecule has 1 atom stereocenters. The number of anilines is 2. The highest BCUT2D eigenvalue weighted by Gasteiger charge is 2.19. The number of urea groups is 1. The van der Waals surface area contributed by atoms with E-state index in [2.05, 4.69) is 20.7 Å². The van der Waals surface area contributed by atoms with Crippen molar-refractivity contribution in [3.63, 3.8) is 0 Å². The molecule has 0 saturated heterocycles. The normalized spacial score (nSPS) is 16.4. The molecule has 0 aromatic heterocycles. The van der Waals surface area contributed by atoms with Crippen LogP contribution in [0.25, 0.3) is 0 Å². The summed E-state index contributed by atoms with van der Waals surface area (Å²) in [5, 5.41) is 8.12. The molecule has 1 unspecified atom stereocenters. The van der Waals surface area contributed by atoms with Gasteiger partial charge < -0.3 is 10.6 Å². The van der Waals surface area contributed by atoms with Crippen molar-refractivity contribution in [3.05, 3.63) is 24.3 Å². The molecule has 3 amide bonds. The lowest BCUT2D eigenvalue weighted by Crippen LogP contribution is -2.49. The Hall–Kier alpha value is -2.29. The fourth-order valence-electron chi connectivity index (χ4n) is 2.89. The van der Waals surface area contributed by atoms with Gasteiger partial charge in [-0.15, -0.1) is 0 Å². The van der Waals surface area contributed by atoms with E-state index in [1.54, 1.807) is 31.2 Å². The number of nitrogens with one attached hydrogen (secondary N) is 4. The van der Waals surface area contributed by atoms with Gasteiger partial charge in [0, 0.05) is 11.7 Å². The molecule has 0 heterocycles. The molecule has 2 rings (SSSR count). The summed E-state index contributed by atoms with van der Waals surface area (Å²) in [6.07, 6.45) is 6.32. The molecular weight excluding hydrogens is 356 g/mol. The summed E-state index contributed by atoms with van der Waals surface area (Å²) in [6, 6.07) is 5.53. The molecule has 144 valence electrons. The van der Waals surface area contributed by atoms with E-state index < -0.39 is 28.0 Å². The number of carbonyl (C=O) groups excluding carboxylic acids is 2. The highest BCUT2D eigenvalue weighted by atomic mass is 32.2. The summed E-state index contributed by atoms with van der Waals surface area (Å²) >= 11 is 0. The standard InChI is InChI=1S/C17H26N4O4S/c1-12(16(22)20-17(23)19-13-7-4-3-5-8-13)18-14-9-6-10-15(11-14)21-26(2,24)25/h6,9-13,18,21H,3-5,7-8H2,1-2H3,(H2,19,20,22,23). The van der Waals surface area contributed by atoms with Crippen molar-refractivity contribution in [3.8, 4) is 0 Å². The van der Waals surface area contributed by atoms with Gasteiger partial charge in [-0.2, -0.15) is 0 Å². The number of sulfonamides is 1. The van der Waals surface area contributed by atoms with E-state index in [4.69, 9.17) is 0 Å². The third kappa shape index (κ3) is 6.91. The third-order valence-corrected chi connectivity index (χ3v) is 4.73. The Balaban J connectivity index is 1.86. The molecule has 0 aliphatic heterocycles. The van der Waals surface area contributed by atoms with Crippen LogP contribution < -0.4 is 20.7 Å². The number of benzene rings is 1. The zero-order valence-electron chi connectivity index (χ0n) is 15.0. The molecule has 1 aromatic carbocycles. The fourth-order valence-corrected chi connectivity index (χ4v) is 3.45. The number of imide groups is 1. The van der Waals surface area contributed by atoms with Crippen LogP contribution in [0.3, 0.4) is 0 Å². The first kappa shape index (κ1) is 20.0. The predicted molar refractivity (Wildman–Crippen MR) is 102 cm³/mol. The van der Waals surface area contributed by atoms with Crippen molar-refractivity contribution >= 4 is 33.3 Å². The minimum atomic E-state index is -3.38. The summed E-state index contributed by atoms with van der Waals surface area (Å²) in [7, 11) is -3.38. The van der Waals surface area contributed by atoms with Crippen LogP contribution >= 0.6 is 0 Å². The number of hydrogen-bond donors (Lipinski definition) is 4. The molecule has 0 radical (unpaired) electrons. The fraction of sp³-hybridized carbons (Fsp3) is 0.529. The van der Waals surface area contributed by atoms with Gasteiger partial charge in [0.05, 0.1) is 11.9 Å². The van der Waals surface area contributed by atoms with E-state index in [1.807, 2.05) is 0 Å². The van der Waals surface area contributed by atoms with Crippen molar-refractivity contribution in [2.75, 3.05) is 16.3 Å². The van der Waals surface area contributed by atoms with Gasteiger partial charge in [0.25, 0.3) is 0 Å². The van der Waals surface area contributed by atoms with Gasteiger partial charge in [0.1, 0.15) is 6.04 Å². The lowest BCUT2D eigenvalue weighted by molar-refractivity contribution is -0.120. The van der Waals surface area contributed by atoms with E-state index in [1.165, 1.54) is 6.42 Å². The maximum Gasteiger partial charge on any atom is 0.321 e. The van der Waals surface area contributed by atoms with Gasteiger partial charge in [-0.1, -0.05) is 25.3 Å². The van der Waals surface area contributed by atoms with Crippen molar-refractivity contribution in [1.29, 1.82) is 0 Å². The van der Waals surface area contributed by atoms with Gasteiger partial charge in [-0.05, 0) is 38.0 Å². The SMILES string of the molecule is CC(Nc1cccc(NS(C)(=O)=O)c1)C(=O)NC(=O)NC1CCCCC1. The first-order valence-corrected chi connectivity index (χ1v) is 10.6. The maximum absolute atomic E-state index is 12.2. The number of carbonyl (C=O) groups is 2. The first-order valence-electron chi connectivity index (χ1n) is 8.69. The summed E-state index contributed by atoms with van der Waals surface area (Å²) in [5.41, 5.74) is 0.953. The van der Waals surface area contributed by atoms with E-state index in [-0.39, 0.29) is 6.04 Å². The van der Waals surface area contributed by atoms with Crippen molar-refractivity contribution in [2.45, 2.75) is 51.1 Å². The van der Waals surface area contributed by atoms with Crippen LogP contribution in [0.15, 0.2) is 24.3 Å². The second-order valence-electron chi connectivity index (χ2n) is 6.62. The first-order chi connectivity index (χ1) is 12.2. The predicted octanol–water partition coefficient (Wildman–Crippen LogP) is 2.02. The van der Waals surface area contributed by atoms with Crippen molar-refractivity contribution in [1.82, 2.24) is 10.6 Å². The molecule has 26 heavy (non-hydrogen) atoms. The van der Waals surface area contributed by atoms with Gasteiger partial charge in [-0.3, -0.25) is 14.8 Å². The van der Waals surface area contributed by atoms with E-state index in [9.17, 15) is 18.0 Å². The molecule has 0 spiro atoms. The summed E-state index contributed by atoms with van der Waals surface area (Å²) < 4.78 is 24.9. The lowest BCUT2D eigenvalue weighted by atomic mass is 9.96. The number of rotatable bonds is 6. The summed E-state index contributed by atoms with van der Waals surface area (Å²) in [6.45, 7) is 1.62. The van der Waals surface area contributed by atoms with Crippen LogP contribution in [0, 0.1) is 0 Å². The second-order valence-corrected chi connectivity index (χ2v) is 8.37. The van der Waals surface area contributed by atoms with E-state index in [0.29, 0.717) is 11.4 Å². The Morgan fingerprint density at radius 2 is 1.77 bits per heavy atom. The molecule has 1 aromatic rings. The summed E-state index contributed by atoms with van der Waals surface area (Å²) in [4.78, 5) is 24.1. The number of amides is 3. The van der Waals surface area contributed by atoms with Crippen molar-refractivity contribution in [2.24, 2.45) is 0 Å². The van der Waals surface area contributed by atoms with Crippen molar-refractivity contribution < 1.29 is 18.0 Å². The highest BCUT2D eigenvalue weighted by Crippen LogP contribution is 2.18. The quantitative estimate of drug-likeness (QED) is 0.601. The van der Waals surface area contributed by atoms with Crippen LogP contribution in [-0.2, 0) is 14.8 Å². The van der Waals surface area contributed by atoms with Crippen LogP contribution in [0.1, 0.15) is 39.0 Å². The summed E-state index contributed by atoms with van der Waals surface area (Å²) in [5.74, 6) is -0.459. The Bertz CT molecular complexity index is 745. The third-order valence-electron chi connectivity index (χ3n) is 4.12. The zero-order valence-corrected chi connectivity index (χ0v) is 15.9. The average Bonchev–Trinajstić information content (AvgIpc) is 2.54. The molecule has 0 bridgehead atoms. The minimum Gasteiger partial charge on any atom is -0.374 e. The Labute approximate surface area is 154 Å². The molecule has 1 aliphatic carbocycles. The smallest absolute Gasteiger partial charge is 0.321 e. The second kappa shape index (κ2) is 8.88. The van der Waals surface area contributed by atoms with Gasteiger partial charge in [0.15, 0.2) is 0 Å². The van der Waals surface area contributed by atoms with Gasteiger partial charge in [0.2, 0.25) is 15.9 Å². The molecule has 8 nitrogen and oxygen atoms in total. The Kier molecular flexibility index (Phi) is 6.84. The number of hydrogen-bond acceptors (Lipinski definition) is 5. The van der Waals surface area contributed by atoms with E-state index in [0.717, 1.165) is 31.9 Å². The molecular formula is C17H26N4O4S. The molecule has 1 saturated carbocycles. The van der Waals surface area contributed by atoms with Gasteiger partial charge in [-0.25, -0.2) is 13.2 Å². The van der Waals surface area contributed by atoms with Crippen LogP contribution in [0.5, 0.6) is 0 Å². The topological polar surface area (TPSA) is 116 Å².